The fourth-order valence-corrected chi connectivity index (χ4v) is 14.0. The first kappa shape index (κ1) is 32.6. The Labute approximate surface area is 263 Å². The van der Waals surface area contributed by atoms with Crippen LogP contribution in [0.1, 0.15) is 29.2 Å². The van der Waals surface area contributed by atoms with Crippen LogP contribution in [-0.2, 0) is 25.7 Å². The number of nitrogens with one attached hydrogen (secondary N) is 2. The predicted molar refractivity (Wildman–Crippen MR) is 186 cm³/mol. The first-order chi connectivity index (χ1) is 19.9. The third-order valence-corrected chi connectivity index (χ3v) is 19.1. The topological polar surface area (TPSA) is 24.1 Å². The van der Waals surface area contributed by atoms with Gasteiger partial charge in [-0.15, -0.1) is 0 Å². The molecule has 0 radical (unpaired) electrons. The Morgan fingerprint density at radius 1 is 0.488 bits per heavy atom. The van der Waals surface area contributed by atoms with Crippen molar-refractivity contribution < 1.29 is 0 Å². The number of aryl methyl sites for hydroxylation is 4. The van der Waals surface area contributed by atoms with E-state index in [9.17, 15) is 0 Å². The van der Waals surface area contributed by atoms with Crippen LogP contribution in [0.3, 0.4) is 0 Å². The molecule has 0 aromatic heterocycles. The summed E-state index contributed by atoms with van der Waals surface area (Å²) in [7, 11) is 0. The Balaban J connectivity index is 1.40. The third kappa shape index (κ3) is 12.1. The molecule has 2 nitrogen and oxygen atoms in total. The molecule has 41 heavy (non-hydrogen) atoms. The van der Waals surface area contributed by atoms with Gasteiger partial charge in [-0.05, 0) is 0 Å². The maximum absolute atomic E-state index is 4.15. The van der Waals surface area contributed by atoms with E-state index in [4.69, 9.17) is 0 Å². The minimum absolute atomic E-state index is 0.386. The fraction of sp³-hybridized carbons (Fsp3) is 0.314. The Morgan fingerprint density at radius 3 is 1.10 bits per heavy atom. The molecule has 216 valence electrons. The third-order valence-electron chi connectivity index (χ3n) is 7.56. The standard InChI is InChI=1S/C35H44N2P2Se2/c1-31(37-39(41,28-24-34-18-10-4-11-19-34)29-25-35-20-12-5-13-21-35)30-36-38(40,26-22-32-14-6-2-7-15-32)27-23-33-16-8-3-9-17-33/h2-21,31H,22-30H2,1H3,(H,36,40)(H,37,41). The molecule has 4 rings (SSSR count). The fourth-order valence-electron chi connectivity index (χ4n) is 5.08. The van der Waals surface area contributed by atoms with E-state index in [1.165, 1.54) is 46.9 Å². The van der Waals surface area contributed by atoms with Gasteiger partial charge in [0.2, 0.25) is 0 Å². The van der Waals surface area contributed by atoms with Crippen molar-refractivity contribution in [2.24, 2.45) is 0 Å². The molecule has 0 aliphatic rings. The van der Waals surface area contributed by atoms with Crippen LogP contribution in [0.25, 0.3) is 0 Å². The van der Waals surface area contributed by atoms with Gasteiger partial charge >= 0.3 is 265 Å². The zero-order valence-electron chi connectivity index (χ0n) is 24.2. The van der Waals surface area contributed by atoms with E-state index in [0.29, 0.717) is 6.04 Å². The van der Waals surface area contributed by atoms with Crippen LogP contribution in [0, 0.1) is 0 Å². The first-order valence-electron chi connectivity index (χ1n) is 14.8. The van der Waals surface area contributed by atoms with Crippen molar-refractivity contribution in [1.29, 1.82) is 0 Å². The van der Waals surface area contributed by atoms with Crippen LogP contribution in [0.2, 0.25) is 0 Å². The molecule has 0 amide bonds. The van der Waals surface area contributed by atoms with E-state index in [1.807, 2.05) is 0 Å². The van der Waals surface area contributed by atoms with Gasteiger partial charge in [0.15, 0.2) is 0 Å². The van der Waals surface area contributed by atoms with E-state index < -0.39 is 11.3 Å². The molecule has 0 fully saturated rings. The monoisotopic (exact) mass is 714 g/mol. The second kappa shape index (κ2) is 17.1. The van der Waals surface area contributed by atoms with E-state index in [2.05, 4.69) is 169 Å². The van der Waals surface area contributed by atoms with Gasteiger partial charge in [-0.2, -0.15) is 0 Å². The molecule has 0 aliphatic heterocycles. The Bertz CT molecular complexity index is 1290. The number of hydrogen-bond donors (Lipinski definition) is 2. The van der Waals surface area contributed by atoms with E-state index >= 15 is 0 Å². The van der Waals surface area contributed by atoms with Gasteiger partial charge in [0.05, 0.1) is 0 Å². The molecule has 4 aromatic carbocycles. The molecule has 1 unspecified atom stereocenters. The van der Waals surface area contributed by atoms with E-state index in [0.717, 1.165) is 32.2 Å². The van der Waals surface area contributed by atoms with Gasteiger partial charge in [0.1, 0.15) is 0 Å². The molecular weight excluding hydrogens is 668 g/mol. The van der Waals surface area contributed by atoms with Gasteiger partial charge in [-0.1, -0.05) is 0 Å². The Morgan fingerprint density at radius 2 is 0.780 bits per heavy atom. The molecule has 0 saturated carbocycles. The van der Waals surface area contributed by atoms with Crippen LogP contribution in [-0.4, -0.2) is 67.4 Å². The van der Waals surface area contributed by atoms with Crippen LogP contribution in [0.15, 0.2) is 121 Å². The van der Waals surface area contributed by atoms with Crippen LogP contribution < -0.4 is 10.2 Å². The van der Waals surface area contributed by atoms with Gasteiger partial charge in [-0.25, -0.2) is 0 Å². The van der Waals surface area contributed by atoms with Gasteiger partial charge in [0.25, 0.3) is 0 Å². The summed E-state index contributed by atoms with van der Waals surface area (Å²) < 4.78 is 0. The maximum atomic E-state index is 4.15. The summed E-state index contributed by atoms with van der Waals surface area (Å²) in [5, 5.41) is 8.25. The van der Waals surface area contributed by atoms with Gasteiger partial charge < -0.3 is 0 Å². The minimum atomic E-state index is -1.48. The molecule has 2 N–H and O–H groups in total. The molecule has 0 spiro atoms. The van der Waals surface area contributed by atoms with E-state index in [-0.39, 0.29) is 0 Å². The second-order valence-corrected chi connectivity index (χ2v) is 25.7. The van der Waals surface area contributed by atoms with Crippen molar-refractivity contribution in [2.45, 2.75) is 38.6 Å². The summed E-state index contributed by atoms with van der Waals surface area (Å²) in [6, 6.07) is 44.2. The Hall–Kier alpha value is -1.30. The molecule has 4 aromatic rings. The summed E-state index contributed by atoms with van der Waals surface area (Å²) >= 11 is 7.44. The van der Waals surface area contributed by atoms with Crippen molar-refractivity contribution in [3.63, 3.8) is 0 Å². The molecule has 0 saturated heterocycles. The van der Waals surface area contributed by atoms with E-state index in [1.54, 1.807) is 0 Å². The normalized spacial score (nSPS) is 12.7. The molecule has 0 heterocycles. The second-order valence-electron chi connectivity index (χ2n) is 11.0. The van der Waals surface area contributed by atoms with Crippen LogP contribution in [0.4, 0.5) is 0 Å². The molecule has 1 atom stereocenters. The average Bonchev–Trinajstić information content (AvgIpc) is 3.02. The number of hydrogen-bond acceptors (Lipinski definition) is 2. The van der Waals surface area contributed by atoms with Gasteiger partial charge in [0, 0.05) is 0 Å². The SMILES string of the molecule is CC(CNP(=[Se])(CCc1ccccc1)CCc1ccccc1)NP(=[Se])(CCc1ccccc1)CCc1ccccc1. The number of rotatable bonds is 17. The average molecular weight is 713 g/mol. The summed E-state index contributed by atoms with van der Waals surface area (Å²) in [5.74, 6) is 0. The quantitative estimate of drug-likeness (QED) is 0.0873. The molecular formula is C35H44N2P2Se2. The zero-order chi connectivity index (χ0) is 28.8. The Kier molecular flexibility index (Phi) is 13.6. The van der Waals surface area contributed by atoms with Crippen LogP contribution in [0.5, 0.6) is 0 Å². The van der Waals surface area contributed by atoms with Crippen molar-refractivity contribution in [1.82, 2.24) is 10.2 Å². The summed E-state index contributed by atoms with van der Waals surface area (Å²) in [4.78, 5) is 0. The summed E-state index contributed by atoms with van der Waals surface area (Å²) in [6.45, 7) is 3.34. The van der Waals surface area contributed by atoms with Crippen molar-refractivity contribution in [3.8, 4) is 0 Å². The summed E-state index contributed by atoms with van der Waals surface area (Å²) in [6.07, 6.45) is 9.14. The van der Waals surface area contributed by atoms with Crippen molar-refractivity contribution in [3.05, 3.63) is 144 Å². The van der Waals surface area contributed by atoms with Crippen LogP contribution >= 0.6 is 11.3 Å². The molecule has 0 bridgehead atoms. The summed E-state index contributed by atoms with van der Waals surface area (Å²) in [5.41, 5.74) is 2.77. The first-order valence-corrected chi connectivity index (χ1v) is 23.5. The van der Waals surface area contributed by atoms with Gasteiger partial charge in [-0.3, -0.25) is 0 Å². The number of benzene rings is 4. The molecule has 0 aliphatic carbocycles. The zero-order valence-corrected chi connectivity index (χ0v) is 29.4. The van der Waals surface area contributed by atoms with Crippen molar-refractivity contribution in [2.75, 3.05) is 31.2 Å². The van der Waals surface area contributed by atoms with Crippen molar-refractivity contribution >= 4 is 41.5 Å². The predicted octanol–water partition coefficient (Wildman–Crippen LogP) is 7.56. The molecule has 6 heteroatoms.